The molecule has 4 heteroatoms. The van der Waals surface area contributed by atoms with Gasteiger partial charge in [-0.15, -0.1) is 0 Å². The van der Waals surface area contributed by atoms with E-state index in [1.54, 1.807) is 0 Å². The quantitative estimate of drug-likeness (QED) is 0.861. The number of nitrogens with one attached hydrogen (secondary N) is 1. The molecule has 0 spiro atoms. The second kappa shape index (κ2) is 6.06. The molecule has 2 amide bonds. The van der Waals surface area contributed by atoms with Crippen molar-refractivity contribution in [3.8, 4) is 5.75 Å². The first-order valence-corrected chi connectivity index (χ1v) is 8.59. The van der Waals surface area contributed by atoms with Crippen molar-refractivity contribution in [2.24, 2.45) is 10.8 Å². The van der Waals surface area contributed by atoms with Gasteiger partial charge in [-0.05, 0) is 42.2 Å². The number of hydrogen-bond acceptors (Lipinski definition) is 2. The molecule has 1 saturated heterocycles. The van der Waals surface area contributed by atoms with Crippen LogP contribution >= 0.6 is 0 Å². The number of hydrogen-bond donors (Lipinski definition) is 1. The number of amides is 2. The smallest absolute Gasteiger partial charge is 0.317 e. The van der Waals surface area contributed by atoms with E-state index in [-0.39, 0.29) is 11.4 Å². The molecule has 1 aromatic carbocycles. The summed E-state index contributed by atoms with van der Waals surface area (Å²) in [5.74, 6) is 0.841. The van der Waals surface area contributed by atoms with Crippen LogP contribution in [-0.2, 0) is 0 Å². The van der Waals surface area contributed by atoms with Gasteiger partial charge in [-0.25, -0.2) is 4.79 Å². The molecule has 0 radical (unpaired) electrons. The van der Waals surface area contributed by atoms with E-state index < -0.39 is 0 Å². The number of ether oxygens (including phenoxy) is 1. The Morgan fingerprint density at radius 2 is 2.00 bits per heavy atom. The van der Waals surface area contributed by atoms with Crippen molar-refractivity contribution < 1.29 is 9.53 Å². The molecule has 4 nitrogen and oxygen atoms in total. The summed E-state index contributed by atoms with van der Waals surface area (Å²) < 4.78 is 5.63. The van der Waals surface area contributed by atoms with E-state index in [1.807, 2.05) is 30.3 Å². The Morgan fingerprint density at radius 1 is 1.26 bits per heavy atom. The zero-order valence-corrected chi connectivity index (χ0v) is 14.5. The lowest BCUT2D eigenvalue weighted by atomic mass is 9.65. The molecule has 2 atom stereocenters. The van der Waals surface area contributed by atoms with Gasteiger partial charge in [0, 0.05) is 12.6 Å². The van der Waals surface area contributed by atoms with Crippen molar-refractivity contribution >= 4 is 6.03 Å². The van der Waals surface area contributed by atoms with E-state index >= 15 is 0 Å². The number of urea groups is 1. The van der Waals surface area contributed by atoms with E-state index in [2.05, 4.69) is 31.0 Å². The highest BCUT2D eigenvalue weighted by molar-refractivity contribution is 5.75. The van der Waals surface area contributed by atoms with Gasteiger partial charge in [0.2, 0.25) is 0 Å². The molecule has 1 aliphatic carbocycles. The van der Waals surface area contributed by atoms with Gasteiger partial charge in [-0.3, -0.25) is 0 Å². The standard InChI is InChI=1S/C19H28N2O2/c1-18(2)11-15-12-19(3,13-18)14-21(15)17(22)20-9-10-23-16-7-5-4-6-8-16/h4-8,15H,9-14H2,1-3H3,(H,20,22). The maximum Gasteiger partial charge on any atom is 0.317 e. The van der Waals surface area contributed by atoms with Gasteiger partial charge in [-0.1, -0.05) is 39.0 Å². The highest BCUT2D eigenvalue weighted by atomic mass is 16.5. The maximum atomic E-state index is 12.5. The third-order valence-electron chi connectivity index (χ3n) is 5.07. The number of para-hydroxylation sites is 1. The van der Waals surface area contributed by atoms with Gasteiger partial charge in [0.05, 0.1) is 6.54 Å². The summed E-state index contributed by atoms with van der Waals surface area (Å²) >= 11 is 0. The summed E-state index contributed by atoms with van der Waals surface area (Å²) in [6, 6.07) is 10.2. The highest BCUT2D eigenvalue weighted by Crippen LogP contribution is 2.52. The SMILES string of the molecule is CC1(C)CC2CC(C)(CN2C(=O)NCCOc2ccccc2)C1. The van der Waals surface area contributed by atoms with Crippen molar-refractivity contribution in [2.75, 3.05) is 19.7 Å². The summed E-state index contributed by atoms with van der Waals surface area (Å²) in [7, 11) is 0. The molecule has 1 N–H and O–H groups in total. The van der Waals surface area contributed by atoms with Crippen molar-refractivity contribution in [1.29, 1.82) is 0 Å². The first-order chi connectivity index (χ1) is 10.9. The van der Waals surface area contributed by atoms with Crippen molar-refractivity contribution in [3.05, 3.63) is 30.3 Å². The number of carbonyl (C=O) groups excluding carboxylic acids is 1. The maximum absolute atomic E-state index is 12.5. The van der Waals surface area contributed by atoms with E-state index in [0.29, 0.717) is 24.6 Å². The van der Waals surface area contributed by atoms with Crippen molar-refractivity contribution in [2.45, 2.75) is 46.1 Å². The molecule has 23 heavy (non-hydrogen) atoms. The van der Waals surface area contributed by atoms with Crippen LogP contribution in [0.1, 0.15) is 40.0 Å². The van der Waals surface area contributed by atoms with E-state index in [0.717, 1.165) is 25.1 Å². The predicted octanol–water partition coefficient (Wildman–Crippen LogP) is 3.68. The fourth-order valence-corrected chi connectivity index (χ4v) is 4.64. The molecular weight excluding hydrogens is 288 g/mol. The molecule has 1 aliphatic heterocycles. The lowest BCUT2D eigenvalue weighted by molar-refractivity contribution is 0.129. The third-order valence-corrected chi connectivity index (χ3v) is 5.07. The predicted molar refractivity (Wildman–Crippen MR) is 91.6 cm³/mol. The molecule has 2 aliphatic rings. The van der Waals surface area contributed by atoms with Crippen LogP contribution in [0.25, 0.3) is 0 Å². The molecule has 0 aromatic heterocycles. The minimum atomic E-state index is 0.0630. The summed E-state index contributed by atoms with van der Waals surface area (Å²) in [6.07, 6.45) is 3.46. The minimum absolute atomic E-state index is 0.0630. The number of likely N-dealkylation sites (tertiary alicyclic amines) is 1. The van der Waals surface area contributed by atoms with E-state index in [1.165, 1.54) is 6.42 Å². The molecule has 2 fully saturated rings. The van der Waals surface area contributed by atoms with Crippen LogP contribution in [0.3, 0.4) is 0 Å². The fourth-order valence-electron chi connectivity index (χ4n) is 4.64. The van der Waals surface area contributed by atoms with Crippen LogP contribution in [0.4, 0.5) is 4.79 Å². The Kier molecular flexibility index (Phi) is 4.26. The lowest BCUT2D eigenvalue weighted by Crippen LogP contribution is -2.44. The van der Waals surface area contributed by atoms with E-state index in [9.17, 15) is 4.79 Å². The first kappa shape index (κ1) is 16.2. The Labute approximate surface area is 139 Å². The molecule has 1 saturated carbocycles. The number of benzene rings is 1. The second-order valence-corrected chi connectivity index (χ2v) is 8.24. The normalized spacial score (nSPS) is 28.5. The van der Waals surface area contributed by atoms with Gasteiger partial charge in [0.25, 0.3) is 0 Å². The number of fused-ring (bicyclic) bond motifs is 2. The topological polar surface area (TPSA) is 41.6 Å². The molecular formula is C19H28N2O2. The van der Waals surface area contributed by atoms with Gasteiger partial charge >= 0.3 is 6.03 Å². The average Bonchev–Trinajstić information content (AvgIpc) is 2.73. The van der Waals surface area contributed by atoms with Crippen molar-refractivity contribution in [3.63, 3.8) is 0 Å². The zero-order valence-electron chi connectivity index (χ0n) is 14.5. The summed E-state index contributed by atoms with van der Waals surface area (Å²) in [4.78, 5) is 14.6. The fraction of sp³-hybridized carbons (Fsp3) is 0.632. The van der Waals surface area contributed by atoms with Crippen molar-refractivity contribution in [1.82, 2.24) is 10.2 Å². The summed E-state index contributed by atoms with van der Waals surface area (Å²) in [6.45, 7) is 8.90. The molecule has 126 valence electrons. The molecule has 1 aromatic rings. The Bertz CT molecular complexity index is 558. The van der Waals surface area contributed by atoms with Gasteiger partial charge in [0.1, 0.15) is 12.4 Å². The Balaban J connectivity index is 1.48. The Morgan fingerprint density at radius 3 is 2.74 bits per heavy atom. The van der Waals surface area contributed by atoms with Gasteiger partial charge in [-0.2, -0.15) is 0 Å². The molecule has 1 heterocycles. The largest absolute Gasteiger partial charge is 0.492 e. The van der Waals surface area contributed by atoms with Gasteiger partial charge in [0.15, 0.2) is 0 Å². The summed E-state index contributed by atoms with van der Waals surface area (Å²) in [5, 5.41) is 3.01. The second-order valence-electron chi connectivity index (χ2n) is 8.24. The van der Waals surface area contributed by atoms with Crippen LogP contribution < -0.4 is 10.1 Å². The van der Waals surface area contributed by atoms with Gasteiger partial charge < -0.3 is 15.0 Å². The Hall–Kier alpha value is -1.71. The number of rotatable bonds is 4. The highest BCUT2D eigenvalue weighted by Gasteiger charge is 2.50. The lowest BCUT2D eigenvalue weighted by Gasteiger charge is -2.39. The summed E-state index contributed by atoms with van der Waals surface area (Å²) in [5.41, 5.74) is 0.618. The zero-order chi connectivity index (χ0) is 16.5. The van der Waals surface area contributed by atoms with Crippen LogP contribution in [-0.4, -0.2) is 36.7 Å². The third kappa shape index (κ3) is 3.80. The first-order valence-electron chi connectivity index (χ1n) is 8.59. The number of carbonyl (C=O) groups is 1. The van der Waals surface area contributed by atoms with Crippen LogP contribution in [0.2, 0.25) is 0 Å². The molecule has 2 bridgehead atoms. The minimum Gasteiger partial charge on any atom is -0.492 e. The van der Waals surface area contributed by atoms with Crippen LogP contribution in [0.15, 0.2) is 30.3 Å². The monoisotopic (exact) mass is 316 g/mol. The molecule has 2 unspecified atom stereocenters. The average molecular weight is 316 g/mol. The van der Waals surface area contributed by atoms with Crippen LogP contribution in [0, 0.1) is 10.8 Å². The van der Waals surface area contributed by atoms with E-state index in [4.69, 9.17) is 4.74 Å². The number of nitrogens with zero attached hydrogens (tertiary/aromatic N) is 1. The molecule has 3 rings (SSSR count). The van der Waals surface area contributed by atoms with Crippen LogP contribution in [0.5, 0.6) is 5.75 Å².